The number of fused-ring (bicyclic) bond motifs is 1. The van der Waals surface area contributed by atoms with Crippen LogP contribution in [0.1, 0.15) is 17.2 Å². The molecule has 0 aromatic heterocycles. The number of nitrogens with zero attached hydrogens (tertiary/aromatic N) is 2. The van der Waals surface area contributed by atoms with E-state index in [0.717, 1.165) is 12.2 Å². The molecule has 0 aliphatic carbocycles. The minimum absolute atomic E-state index is 0.150. The van der Waals surface area contributed by atoms with Gasteiger partial charge in [-0.05, 0) is 24.4 Å². The molecule has 1 heterocycles. The van der Waals surface area contributed by atoms with Gasteiger partial charge in [-0.15, -0.1) is 0 Å². The maximum Gasteiger partial charge on any atom is 0.158 e. The lowest BCUT2D eigenvalue weighted by atomic mass is 10.0. The maximum absolute atomic E-state index is 5.74. The fraction of sp³-hybridized carbons (Fsp3) is 0.308. The summed E-state index contributed by atoms with van der Waals surface area (Å²) in [5.41, 5.74) is 9.19. The van der Waals surface area contributed by atoms with Crippen LogP contribution in [0.4, 0.5) is 0 Å². The van der Waals surface area contributed by atoms with Gasteiger partial charge in [0.2, 0.25) is 0 Å². The van der Waals surface area contributed by atoms with E-state index < -0.39 is 0 Å². The van der Waals surface area contributed by atoms with Crippen LogP contribution in [0.3, 0.4) is 0 Å². The molecule has 0 saturated carbocycles. The first-order valence-electron chi connectivity index (χ1n) is 5.48. The molecule has 90 valence electrons. The van der Waals surface area contributed by atoms with Gasteiger partial charge in [-0.25, -0.2) is 4.99 Å². The third-order valence-electron chi connectivity index (χ3n) is 2.99. The lowest BCUT2D eigenvalue weighted by Gasteiger charge is -2.20. The van der Waals surface area contributed by atoms with Crippen molar-refractivity contribution in [3.8, 4) is 0 Å². The highest BCUT2D eigenvalue weighted by Crippen LogP contribution is 2.37. The summed E-state index contributed by atoms with van der Waals surface area (Å²) in [7, 11) is 2.08. The summed E-state index contributed by atoms with van der Waals surface area (Å²) < 4.78 is 0. The Hall–Kier alpha value is -1.26. The van der Waals surface area contributed by atoms with Crippen LogP contribution in [0.5, 0.6) is 0 Å². The number of hydrogen-bond donors (Lipinski definition) is 1. The summed E-state index contributed by atoms with van der Waals surface area (Å²) in [4.78, 5) is 6.59. The van der Waals surface area contributed by atoms with Crippen molar-refractivity contribution in [2.24, 2.45) is 10.7 Å². The largest absolute Gasteiger partial charge is 0.378 e. The molecular formula is C13H17N3S. The highest BCUT2D eigenvalue weighted by molar-refractivity contribution is 8.13. The molecule has 1 atom stereocenters. The number of likely N-dealkylation sites (N-methyl/N-ethyl adjacent to an activating group) is 1. The van der Waals surface area contributed by atoms with E-state index in [1.165, 1.54) is 22.9 Å². The summed E-state index contributed by atoms with van der Waals surface area (Å²) in [5.74, 6) is 0. The molecule has 0 bridgehead atoms. The van der Waals surface area contributed by atoms with Crippen molar-refractivity contribution in [3.05, 3.63) is 47.7 Å². The van der Waals surface area contributed by atoms with E-state index >= 15 is 0 Å². The second kappa shape index (κ2) is 4.94. The van der Waals surface area contributed by atoms with E-state index in [-0.39, 0.29) is 6.04 Å². The summed E-state index contributed by atoms with van der Waals surface area (Å²) in [6.45, 7) is 4.99. The van der Waals surface area contributed by atoms with Gasteiger partial charge in [0.15, 0.2) is 5.17 Å². The second-order valence-corrected chi connectivity index (χ2v) is 4.99. The quantitative estimate of drug-likeness (QED) is 0.644. The standard InChI is InChI=1S/C13H17N3S/c1-9(15-13(14)17-3)12-11-7-5-4-6-10(11)8-16(12)2/h4-7,12H,1,8H2,2-3H3,(H2,14,15). The minimum Gasteiger partial charge on any atom is -0.378 e. The van der Waals surface area contributed by atoms with Gasteiger partial charge in [-0.3, -0.25) is 4.90 Å². The molecule has 1 aromatic rings. The van der Waals surface area contributed by atoms with E-state index in [0.29, 0.717) is 5.17 Å². The minimum atomic E-state index is 0.150. The molecular weight excluding hydrogens is 230 g/mol. The highest BCUT2D eigenvalue weighted by Gasteiger charge is 2.29. The Morgan fingerprint density at radius 3 is 2.94 bits per heavy atom. The van der Waals surface area contributed by atoms with E-state index in [1.807, 2.05) is 6.26 Å². The molecule has 2 N–H and O–H groups in total. The van der Waals surface area contributed by atoms with Gasteiger partial charge < -0.3 is 5.73 Å². The Morgan fingerprint density at radius 2 is 2.24 bits per heavy atom. The molecule has 0 radical (unpaired) electrons. The zero-order chi connectivity index (χ0) is 12.4. The van der Waals surface area contributed by atoms with Crippen molar-refractivity contribution in [1.29, 1.82) is 0 Å². The SMILES string of the molecule is C=C(N=C(N)SC)C1c2ccccc2CN1C. The number of hydrogen-bond acceptors (Lipinski definition) is 3. The molecule has 0 fully saturated rings. The molecule has 1 aromatic carbocycles. The highest BCUT2D eigenvalue weighted by atomic mass is 32.2. The van der Waals surface area contributed by atoms with E-state index in [9.17, 15) is 0 Å². The van der Waals surface area contributed by atoms with Crippen LogP contribution in [0, 0.1) is 0 Å². The van der Waals surface area contributed by atoms with Crippen molar-refractivity contribution in [1.82, 2.24) is 4.90 Å². The smallest absolute Gasteiger partial charge is 0.158 e. The summed E-state index contributed by atoms with van der Waals surface area (Å²) in [6.07, 6.45) is 1.92. The Bertz CT molecular complexity index is 467. The van der Waals surface area contributed by atoms with E-state index in [4.69, 9.17) is 5.73 Å². The first-order chi connectivity index (χ1) is 8.13. The second-order valence-electron chi connectivity index (χ2n) is 4.16. The Labute approximate surface area is 106 Å². The van der Waals surface area contributed by atoms with Crippen LogP contribution in [-0.2, 0) is 6.54 Å². The third-order valence-corrected chi connectivity index (χ3v) is 3.50. The lowest BCUT2D eigenvalue weighted by molar-refractivity contribution is 0.299. The van der Waals surface area contributed by atoms with Gasteiger partial charge in [0.1, 0.15) is 0 Å². The zero-order valence-corrected chi connectivity index (χ0v) is 11.0. The van der Waals surface area contributed by atoms with E-state index in [2.05, 4.69) is 47.8 Å². The van der Waals surface area contributed by atoms with Crippen LogP contribution >= 0.6 is 11.8 Å². The van der Waals surface area contributed by atoms with Gasteiger partial charge >= 0.3 is 0 Å². The summed E-state index contributed by atoms with van der Waals surface area (Å²) in [5, 5.41) is 0.563. The predicted molar refractivity (Wildman–Crippen MR) is 74.9 cm³/mol. The van der Waals surface area contributed by atoms with Gasteiger partial charge in [0.25, 0.3) is 0 Å². The molecule has 1 aliphatic heterocycles. The van der Waals surface area contributed by atoms with Crippen molar-refractivity contribution >= 4 is 16.9 Å². The molecule has 1 unspecified atom stereocenters. The molecule has 0 saturated heterocycles. The summed E-state index contributed by atoms with van der Waals surface area (Å²) >= 11 is 1.44. The first kappa shape index (κ1) is 12.2. The van der Waals surface area contributed by atoms with Crippen LogP contribution in [0.25, 0.3) is 0 Å². The third kappa shape index (κ3) is 2.37. The number of rotatable bonds is 2. The normalized spacial score (nSPS) is 20.4. The molecule has 1 aliphatic rings. The van der Waals surface area contributed by atoms with Crippen molar-refractivity contribution < 1.29 is 0 Å². The van der Waals surface area contributed by atoms with Gasteiger partial charge in [0.05, 0.1) is 11.7 Å². The molecule has 0 spiro atoms. The van der Waals surface area contributed by atoms with Crippen LogP contribution in [0.2, 0.25) is 0 Å². The molecule has 3 nitrogen and oxygen atoms in total. The van der Waals surface area contributed by atoms with Crippen LogP contribution in [-0.4, -0.2) is 23.4 Å². The van der Waals surface area contributed by atoms with Crippen molar-refractivity contribution in [3.63, 3.8) is 0 Å². The van der Waals surface area contributed by atoms with E-state index in [1.54, 1.807) is 0 Å². The number of amidine groups is 1. The first-order valence-corrected chi connectivity index (χ1v) is 6.71. The fourth-order valence-electron chi connectivity index (χ4n) is 2.22. The van der Waals surface area contributed by atoms with Crippen LogP contribution in [0.15, 0.2) is 41.5 Å². The summed E-state index contributed by atoms with van der Waals surface area (Å²) in [6, 6.07) is 8.56. The fourth-order valence-corrected chi connectivity index (χ4v) is 2.43. The topological polar surface area (TPSA) is 41.6 Å². The monoisotopic (exact) mass is 247 g/mol. The number of thioether (sulfide) groups is 1. The number of benzene rings is 1. The Kier molecular flexibility index (Phi) is 3.54. The predicted octanol–water partition coefficient (Wildman–Crippen LogP) is 2.36. The van der Waals surface area contributed by atoms with Crippen LogP contribution < -0.4 is 5.73 Å². The lowest BCUT2D eigenvalue weighted by Crippen LogP contribution is -2.18. The number of nitrogens with two attached hydrogens (primary N) is 1. The zero-order valence-electron chi connectivity index (χ0n) is 10.2. The van der Waals surface area contributed by atoms with Crippen molar-refractivity contribution in [2.45, 2.75) is 12.6 Å². The molecule has 0 amide bonds. The Morgan fingerprint density at radius 1 is 1.53 bits per heavy atom. The maximum atomic E-state index is 5.74. The van der Waals surface area contributed by atoms with Gasteiger partial charge in [-0.2, -0.15) is 0 Å². The molecule has 4 heteroatoms. The average molecular weight is 247 g/mol. The molecule has 2 rings (SSSR count). The molecule has 17 heavy (non-hydrogen) atoms. The van der Waals surface area contributed by atoms with Gasteiger partial charge in [0, 0.05) is 6.54 Å². The van der Waals surface area contributed by atoms with Crippen molar-refractivity contribution in [2.75, 3.05) is 13.3 Å². The Balaban J connectivity index is 2.31. The van der Waals surface area contributed by atoms with Gasteiger partial charge in [-0.1, -0.05) is 42.6 Å². The number of aliphatic imine (C=N–C) groups is 1. The average Bonchev–Trinajstić information content (AvgIpc) is 2.64.